The normalized spacial score (nSPS) is 16.2. The van der Waals surface area contributed by atoms with E-state index in [1.807, 2.05) is 45.9 Å². The first-order chi connectivity index (χ1) is 8.80. The lowest BCUT2D eigenvalue weighted by atomic mass is 9.85. The minimum atomic E-state index is -0.528. The molecular weight excluding hydrogens is 240 g/mol. The van der Waals surface area contributed by atoms with Gasteiger partial charge in [-0.1, -0.05) is 12.1 Å². The molecule has 1 heterocycles. The van der Waals surface area contributed by atoms with Crippen molar-refractivity contribution in [1.82, 2.24) is 5.32 Å². The van der Waals surface area contributed by atoms with E-state index in [2.05, 4.69) is 10.6 Å². The molecule has 19 heavy (non-hydrogen) atoms. The van der Waals surface area contributed by atoms with Gasteiger partial charge in [0.15, 0.2) is 0 Å². The number of hydrogen-bond acceptors (Lipinski definition) is 2. The third kappa shape index (κ3) is 2.62. The van der Waals surface area contributed by atoms with Crippen molar-refractivity contribution in [1.29, 1.82) is 0 Å². The fourth-order valence-corrected chi connectivity index (χ4v) is 2.29. The smallest absolute Gasteiger partial charge is 0.234 e. The molecule has 0 aliphatic carbocycles. The fraction of sp³-hybridized carbons (Fsp3) is 0.467. The van der Waals surface area contributed by atoms with Gasteiger partial charge in [-0.25, -0.2) is 0 Å². The van der Waals surface area contributed by atoms with Crippen LogP contribution >= 0.6 is 0 Å². The van der Waals surface area contributed by atoms with Gasteiger partial charge in [0, 0.05) is 11.7 Å². The van der Waals surface area contributed by atoms with Crippen molar-refractivity contribution in [2.24, 2.45) is 0 Å². The minimum Gasteiger partial charge on any atom is -0.354 e. The number of amides is 2. The summed E-state index contributed by atoms with van der Waals surface area (Å²) in [5.41, 5.74) is 2.22. The molecule has 0 fully saturated rings. The molecular formula is C15H20N2O2. The number of benzene rings is 1. The zero-order chi connectivity index (χ0) is 14.2. The van der Waals surface area contributed by atoms with Crippen molar-refractivity contribution in [3.8, 4) is 0 Å². The lowest BCUT2D eigenvalue weighted by molar-refractivity contribution is -0.121. The zero-order valence-electron chi connectivity index (χ0n) is 11.8. The van der Waals surface area contributed by atoms with Crippen molar-refractivity contribution in [2.75, 3.05) is 5.32 Å². The Balaban J connectivity index is 2.21. The molecule has 1 aromatic rings. The predicted molar refractivity (Wildman–Crippen MR) is 75.1 cm³/mol. The Bertz CT molecular complexity index is 533. The Morgan fingerprint density at radius 1 is 1.37 bits per heavy atom. The van der Waals surface area contributed by atoms with Gasteiger partial charge in [0.05, 0.1) is 11.8 Å². The van der Waals surface area contributed by atoms with Crippen molar-refractivity contribution in [3.05, 3.63) is 29.3 Å². The van der Waals surface area contributed by atoms with Crippen molar-refractivity contribution in [2.45, 2.75) is 45.6 Å². The highest BCUT2D eigenvalue weighted by molar-refractivity contribution is 6.05. The number of fused-ring (bicyclic) bond motifs is 1. The van der Waals surface area contributed by atoms with E-state index >= 15 is 0 Å². The Morgan fingerprint density at radius 3 is 2.68 bits per heavy atom. The minimum absolute atomic E-state index is 0.00467. The third-order valence-electron chi connectivity index (χ3n) is 3.39. The summed E-state index contributed by atoms with van der Waals surface area (Å²) in [5.74, 6) is 0.0105. The van der Waals surface area contributed by atoms with E-state index in [4.69, 9.17) is 0 Å². The van der Waals surface area contributed by atoms with Crippen LogP contribution in [0.3, 0.4) is 0 Å². The first-order valence-corrected chi connectivity index (χ1v) is 6.55. The van der Waals surface area contributed by atoms with Crippen LogP contribution in [0.25, 0.3) is 0 Å². The lowest BCUT2D eigenvalue weighted by Gasteiger charge is -2.16. The van der Waals surface area contributed by atoms with Gasteiger partial charge in [0.2, 0.25) is 11.8 Å². The van der Waals surface area contributed by atoms with Crippen LogP contribution in [-0.2, 0) is 21.4 Å². The Kier molecular flexibility index (Phi) is 3.35. The van der Waals surface area contributed by atoms with E-state index in [1.54, 1.807) is 0 Å². The molecule has 4 nitrogen and oxygen atoms in total. The summed E-state index contributed by atoms with van der Waals surface area (Å²) in [4.78, 5) is 23.6. The van der Waals surface area contributed by atoms with Gasteiger partial charge >= 0.3 is 0 Å². The molecule has 0 saturated heterocycles. The van der Waals surface area contributed by atoms with Gasteiger partial charge in [0.25, 0.3) is 0 Å². The quantitative estimate of drug-likeness (QED) is 0.873. The van der Waals surface area contributed by atoms with E-state index in [1.165, 1.54) is 0 Å². The van der Waals surface area contributed by atoms with Gasteiger partial charge in [-0.3, -0.25) is 9.59 Å². The van der Waals surface area contributed by atoms with Crippen molar-refractivity contribution < 1.29 is 9.59 Å². The maximum atomic E-state index is 11.8. The number of hydrogen-bond donors (Lipinski definition) is 2. The van der Waals surface area contributed by atoms with Crippen LogP contribution in [0.4, 0.5) is 5.69 Å². The first kappa shape index (κ1) is 13.6. The summed E-state index contributed by atoms with van der Waals surface area (Å²) >= 11 is 0. The summed E-state index contributed by atoms with van der Waals surface area (Å²) in [7, 11) is 0. The first-order valence-electron chi connectivity index (χ1n) is 6.55. The second-order valence-corrected chi connectivity index (χ2v) is 5.86. The number of anilines is 1. The number of nitrogens with one attached hydrogen (secondary N) is 2. The topological polar surface area (TPSA) is 58.2 Å². The van der Waals surface area contributed by atoms with Crippen LogP contribution < -0.4 is 10.6 Å². The molecule has 0 aromatic heterocycles. The molecule has 2 rings (SSSR count). The van der Waals surface area contributed by atoms with E-state index < -0.39 is 5.41 Å². The molecule has 0 spiro atoms. The average molecular weight is 260 g/mol. The largest absolute Gasteiger partial charge is 0.354 e. The summed E-state index contributed by atoms with van der Waals surface area (Å²) in [5, 5.41) is 5.73. The zero-order valence-corrected chi connectivity index (χ0v) is 11.8. The summed E-state index contributed by atoms with van der Waals surface area (Å²) in [6.07, 6.45) is 0.343. The van der Waals surface area contributed by atoms with E-state index in [-0.39, 0.29) is 17.9 Å². The van der Waals surface area contributed by atoms with E-state index in [0.29, 0.717) is 6.42 Å². The standard InChI is InChI=1S/C15H20N2O2/c1-9(2)16-13(18)8-10-5-6-12-11(7-10)15(3,4)14(19)17-12/h5-7,9H,8H2,1-4H3,(H,16,18)(H,17,19). The SMILES string of the molecule is CC(C)NC(=O)Cc1ccc2c(c1)C(C)(C)C(=O)N2. The summed E-state index contributed by atoms with van der Waals surface area (Å²) in [6.45, 7) is 7.66. The molecule has 1 aliphatic rings. The number of rotatable bonds is 3. The Hall–Kier alpha value is -1.84. The molecule has 2 amide bonds. The predicted octanol–water partition coefficient (Wildman–Crippen LogP) is 1.98. The lowest BCUT2D eigenvalue weighted by Crippen LogP contribution is -2.31. The van der Waals surface area contributed by atoms with Gasteiger partial charge < -0.3 is 10.6 Å². The van der Waals surface area contributed by atoms with Gasteiger partial charge in [-0.05, 0) is 44.9 Å². The molecule has 0 radical (unpaired) electrons. The number of carbonyl (C=O) groups excluding carboxylic acids is 2. The molecule has 102 valence electrons. The number of carbonyl (C=O) groups is 2. The van der Waals surface area contributed by atoms with Crippen LogP contribution in [0.1, 0.15) is 38.8 Å². The summed E-state index contributed by atoms with van der Waals surface area (Å²) in [6, 6.07) is 5.86. The molecule has 4 heteroatoms. The summed E-state index contributed by atoms with van der Waals surface area (Å²) < 4.78 is 0. The molecule has 0 unspecified atom stereocenters. The van der Waals surface area contributed by atoms with Crippen LogP contribution in [0.5, 0.6) is 0 Å². The van der Waals surface area contributed by atoms with Crippen LogP contribution in [0.2, 0.25) is 0 Å². The van der Waals surface area contributed by atoms with Crippen molar-refractivity contribution in [3.63, 3.8) is 0 Å². The highest BCUT2D eigenvalue weighted by atomic mass is 16.2. The Labute approximate surface area is 113 Å². The maximum Gasteiger partial charge on any atom is 0.234 e. The second-order valence-electron chi connectivity index (χ2n) is 5.86. The maximum absolute atomic E-state index is 11.8. The van der Waals surface area contributed by atoms with E-state index in [9.17, 15) is 9.59 Å². The monoisotopic (exact) mass is 260 g/mol. The average Bonchev–Trinajstić information content (AvgIpc) is 2.50. The molecule has 0 atom stereocenters. The van der Waals surface area contributed by atoms with Crippen LogP contribution in [-0.4, -0.2) is 17.9 Å². The second kappa shape index (κ2) is 4.68. The Morgan fingerprint density at radius 2 is 2.05 bits per heavy atom. The molecule has 1 aliphatic heterocycles. The van der Waals surface area contributed by atoms with E-state index in [0.717, 1.165) is 16.8 Å². The van der Waals surface area contributed by atoms with Gasteiger partial charge in [-0.2, -0.15) is 0 Å². The van der Waals surface area contributed by atoms with Gasteiger partial charge in [-0.15, -0.1) is 0 Å². The molecule has 1 aromatic carbocycles. The fourth-order valence-electron chi connectivity index (χ4n) is 2.29. The molecule has 2 N–H and O–H groups in total. The third-order valence-corrected chi connectivity index (χ3v) is 3.39. The van der Waals surface area contributed by atoms with Gasteiger partial charge in [0.1, 0.15) is 0 Å². The highest BCUT2D eigenvalue weighted by Crippen LogP contribution is 2.37. The van der Waals surface area contributed by atoms with Crippen LogP contribution in [0, 0.1) is 0 Å². The molecule has 0 bridgehead atoms. The molecule has 0 saturated carbocycles. The highest BCUT2D eigenvalue weighted by Gasteiger charge is 2.38. The van der Waals surface area contributed by atoms with Crippen molar-refractivity contribution >= 4 is 17.5 Å². The van der Waals surface area contributed by atoms with Crippen LogP contribution in [0.15, 0.2) is 18.2 Å².